The van der Waals surface area contributed by atoms with Gasteiger partial charge in [-0.2, -0.15) is 0 Å². The summed E-state index contributed by atoms with van der Waals surface area (Å²) in [6.45, 7) is 8.02. The second-order valence-electron chi connectivity index (χ2n) is 29.4. The molecule has 10 aromatic heterocycles. The molecule has 3 amide bonds. The minimum Gasteiger partial charge on any atom is -0.384 e. The van der Waals surface area contributed by atoms with Crippen LogP contribution in [0.2, 0.25) is 0 Å². The first-order chi connectivity index (χ1) is 54.0. The van der Waals surface area contributed by atoms with Crippen LogP contribution in [0.1, 0.15) is 119 Å². The molecule has 2 atom stereocenters. The Bertz CT molecular complexity index is 5570. The molecular weight excluding hydrogens is 1410 g/mol. The van der Waals surface area contributed by atoms with Crippen molar-refractivity contribution in [3.63, 3.8) is 0 Å². The summed E-state index contributed by atoms with van der Waals surface area (Å²) in [5.74, 6) is 1.70. The Balaban J connectivity index is 0.000000126. The highest BCUT2D eigenvalue weighted by Crippen LogP contribution is 2.42. The molecule has 2 aromatic carbocycles. The van der Waals surface area contributed by atoms with Crippen LogP contribution < -0.4 is 37.6 Å². The zero-order valence-electron chi connectivity index (χ0n) is 62.7. The summed E-state index contributed by atoms with van der Waals surface area (Å²) in [5.41, 5.74) is 25.6. The van der Waals surface area contributed by atoms with E-state index in [4.69, 9.17) is 44.6 Å². The van der Waals surface area contributed by atoms with E-state index < -0.39 is 0 Å². The van der Waals surface area contributed by atoms with Crippen LogP contribution in [0.4, 0.5) is 43.3 Å². The van der Waals surface area contributed by atoms with Crippen molar-refractivity contribution < 1.29 is 42.1 Å². The van der Waals surface area contributed by atoms with Crippen molar-refractivity contribution in [3.8, 4) is 33.8 Å². The Hall–Kier alpha value is -11.5. The number of amides is 3. The first-order valence-corrected chi connectivity index (χ1v) is 37.4. The molecule has 0 radical (unpaired) electrons. The van der Waals surface area contributed by atoms with Crippen molar-refractivity contribution >= 4 is 74.6 Å². The number of carbonyl (C=O) groups is 3. The number of hydrogen-bond acceptors (Lipinski definition) is 20. The lowest BCUT2D eigenvalue weighted by Crippen LogP contribution is -2.34. The number of imidazole rings is 2. The van der Waals surface area contributed by atoms with Crippen molar-refractivity contribution in [2.45, 2.75) is 82.1 Å². The summed E-state index contributed by atoms with van der Waals surface area (Å²) in [6, 6.07) is 29.5. The van der Waals surface area contributed by atoms with E-state index in [2.05, 4.69) is 88.9 Å². The van der Waals surface area contributed by atoms with Gasteiger partial charge in [0, 0.05) is 168 Å². The number of aryl methyl sites for hydroxylation is 1. The van der Waals surface area contributed by atoms with E-state index >= 15 is 0 Å². The summed E-state index contributed by atoms with van der Waals surface area (Å²) in [5, 5.41) is 20.0. The van der Waals surface area contributed by atoms with E-state index in [0.29, 0.717) is 128 Å². The number of aromatic nitrogens is 10. The molecule has 0 aliphatic carbocycles. The van der Waals surface area contributed by atoms with E-state index in [0.717, 1.165) is 154 Å². The van der Waals surface area contributed by atoms with E-state index in [1.54, 1.807) is 44.3 Å². The van der Waals surface area contributed by atoms with E-state index in [1.165, 1.54) is 29.8 Å². The number of hydrogen-bond donors (Lipinski definition) is 7. The number of likely N-dealkylation sites (N-methyl/N-ethyl adjacent to an activating group) is 1. The molecule has 570 valence electrons. The third-order valence-corrected chi connectivity index (χ3v) is 21.7. The Morgan fingerprint density at radius 1 is 0.586 bits per heavy atom. The van der Waals surface area contributed by atoms with Crippen molar-refractivity contribution in [3.05, 3.63) is 219 Å². The Labute approximate surface area is 639 Å². The summed E-state index contributed by atoms with van der Waals surface area (Å²) < 4.78 is 55.5. The summed E-state index contributed by atoms with van der Waals surface area (Å²) >= 11 is 0. The van der Waals surface area contributed by atoms with Gasteiger partial charge in [0.05, 0.1) is 101 Å². The maximum absolute atomic E-state index is 13.7. The molecule has 0 saturated carbocycles. The van der Waals surface area contributed by atoms with Crippen molar-refractivity contribution in [1.29, 1.82) is 0 Å². The zero-order valence-corrected chi connectivity index (χ0v) is 62.7. The number of benzene rings is 2. The van der Waals surface area contributed by atoms with Crippen LogP contribution in [-0.4, -0.2) is 164 Å². The second-order valence-corrected chi connectivity index (χ2v) is 29.4. The van der Waals surface area contributed by atoms with Gasteiger partial charge in [-0.1, -0.05) is 30.3 Å². The Morgan fingerprint density at radius 3 is 1.73 bits per heavy atom. The van der Waals surface area contributed by atoms with Gasteiger partial charge in [-0.3, -0.25) is 28.2 Å². The lowest BCUT2D eigenvalue weighted by atomic mass is 9.79. The minimum absolute atomic E-state index is 0.127. The van der Waals surface area contributed by atoms with Crippen LogP contribution in [0.3, 0.4) is 0 Å². The van der Waals surface area contributed by atoms with Crippen LogP contribution in [0, 0.1) is 11.6 Å². The van der Waals surface area contributed by atoms with Crippen LogP contribution in [-0.2, 0) is 70.6 Å². The number of rotatable bonds is 20. The van der Waals surface area contributed by atoms with Gasteiger partial charge >= 0.3 is 0 Å². The first-order valence-electron chi connectivity index (χ1n) is 37.4. The highest BCUT2D eigenvalue weighted by Gasteiger charge is 2.40. The molecule has 18 rings (SSSR count). The van der Waals surface area contributed by atoms with Gasteiger partial charge in [0.2, 0.25) is 0 Å². The van der Waals surface area contributed by atoms with Gasteiger partial charge in [-0.05, 0) is 142 Å². The van der Waals surface area contributed by atoms with Gasteiger partial charge < -0.3 is 70.9 Å². The fourth-order valence-corrected chi connectivity index (χ4v) is 16.2. The number of nitrogens with one attached hydrogen (secondary N) is 6. The smallest absolute Gasteiger partial charge is 0.254 e. The molecule has 12 aromatic rings. The number of nitrogens with zero attached hydrogens (tertiary/aromatic N) is 12. The standard InChI is InChI=1S/C29H31FN6O3.C29H31FN6O2.C25H25N7O2/c1-35(2)15-23-21(29(16-38-3)9-11-39-17-29)5-7-25(34-23)33-22-6-4-19(20-13-32-28(37)27(20)22)24-14-31-26-12-18(30)8-10-36(24)26;1-35(2)11-8-23-20(18-9-13-38-14-10-18)4-6-26(33-23)34-24-5-3-21(22-16-32-29(37)28(22)24)25-17-31-27-15-19(30)7-12-36(25)27;1-32-8-5-17-16(4-7-27-24(17)32)23-18-11-29-25(33)22(18)20(12-28-23)31-21-3-2-15(19(10-26)30-21)14-6-9-34-13-14/h4-8,10,12,14H,9,11,13,15-17H2,1-3H3,(H,32,37)(H,33,34);3-7,12,15,17-18H,8-11,13-14,16H2,1-2H3,(H,32,37)(H,33,34);2-5,7-8,12,14H,6,9-11,13,26H2,1H3,(H,29,33)(H,30,31)/t;;14-/m..1/s1. The number of ether oxygens (including phenoxy) is 4. The number of carbonyl (C=O) groups excluding carboxylic acids is 3. The van der Waals surface area contributed by atoms with Gasteiger partial charge in [-0.15, -0.1) is 0 Å². The molecule has 3 saturated heterocycles. The molecule has 8 N–H and O–H groups in total. The largest absolute Gasteiger partial charge is 0.384 e. The maximum Gasteiger partial charge on any atom is 0.254 e. The Kier molecular flexibility index (Phi) is 20.9. The molecule has 26 nitrogen and oxygen atoms in total. The van der Waals surface area contributed by atoms with Crippen LogP contribution in [0.5, 0.6) is 0 Å². The van der Waals surface area contributed by atoms with Gasteiger partial charge in [0.25, 0.3) is 17.7 Å². The highest BCUT2D eigenvalue weighted by atomic mass is 19.1. The second kappa shape index (κ2) is 31.5. The van der Waals surface area contributed by atoms with E-state index in [9.17, 15) is 23.2 Å². The lowest BCUT2D eigenvalue weighted by Gasteiger charge is -2.30. The number of fused-ring (bicyclic) bond motifs is 6. The summed E-state index contributed by atoms with van der Waals surface area (Å²) in [7, 11) is 11.9. The van der Waals surface area contributed by atoms with Crippen molar-refractivity contribution in [1.82, 2.24) is 74.0 Å². The zero-order chi connectivity index (χ0) is 76.6. The highest BCUT2D eigenvalue weighted by molar-refractivity contribution is 6.08. The number of anilines is 6. The molecule has 28 heteroatoms. The van der Waals surface area contributed by atoms with E-state index in [-0.39, 0.29) is 34.8 Å². The predicted molar refractivity (Wildman–Crippen MR) is 419 cm³/mol. The molecule has 0 bridgehead atoms. The third kappa shape index (κ3) is 14.7. The molecule has 0 spiro atoms. The van der Waals surface area contributed by atoms with Crippen molar-refractivity contribution in [2.24, 2.45) is 12.8 Å². The first kappa shape index (κ1) is 73.6. The monoisotopic (exact) mass is 1500 g/mol. The predicted octanol–water partition coefficient (Wildman–Crippen LogP) is 11.4. The molecule has 6 aliphatic rings. The normalized spacial score (nSPS) is 17.2. The number of halogens is 2. The molecule has 16 heterocycles. The molecule has 3 fully saturated rings. The number of nitrogens with two attached hydrogens (primary N) is 1. The SMILES string of the molecule is CN(C)CCc1nc(Nc2ccc(-c3cnc4cc(F)ccn34)c3c2C(=O)NC3)ccc1C1CCOCC1.COCC1(c2ccc(Nc3ccc(-c4cnc5cc(F)ccn45)c4c3C(=O)NC4)nc2CN(C)C)CCOC1.Cn1ccc2c(-c3ncc(Nc4ccc([C@@H]5CCOC5)c(CN)n4)c4c3CNC4=O)ccnc21. The quantitative estimate of drug-likeness (QED) is 0.0373. The average molecular weight is 1500 g/mol. The molecular formula is C83H87F2N19O7. The maximum atomic E-state index is 13.7. The fraction of sp³-hybridized carbons (Fsp3) is 0.325. The third-order valence-electron chi connectivity index (χ3n) is 21.7. The molecule has 111 heavy (non-hydrogen) atoms. The molecule has 1 unspecified atom stereocenters. The number of methoxy groups -OCH3 is 1. The fourth-order valence-electron chi connectivity index (χ4n) is 16.2. The summed E-state index contributed by atoms with van der Waals surface area (Å²) in [4.78, 5) is 75.8. The van der Waals surface area contributed by atoms with Crippen LogP contribution in [0.25, 0.3) is 56.1 Å². The van der Waals surface area contributed by atoms with Gasteiger partial charge in [0.1, 0.15) is 46.0 Å². The van der Waals surface area contributed by atoms with Crippen LogP contribution in [0.15, 0.2) is 140 Å². The van der Waals surface area contributed by atoms with E-state index in [1.807, 2.05) is 95.3 Å². The van der Waals surface area contributed by atoms with Crippen LogP contribution >= 0.6 is 0 Å². The Morgan fingerprint density at radius 2 is 1.15 bits per heavy atom. The number of pyridine rings is 7. The lowest BCUT2D eigenvalue weighted by molar-refractivity contribution is 0.0850. The van der Waals surface area contributed by atoms with Gasteiger partial charge in [0.15, 0.2) is 0 Å². The summed E-state index contributed by atoms with van der Waals surface area (Å²) in [6.07, 6.45) is 16.9. The average Bonchev–Trinajstić information content (AvgIpc) is 1.72. The minimum atomic E-state index is -0.345. The molecule has 6 aliphatic heterocycles. The van der Waals surface area contributed by atoms with Gasteiger partial charge in [-0.25, -0.2) is 38.7 Å². The van der Waals surface area contributed by atoms with Crippen molar-refractivity contribution in [2.75, 3.05) is 104 Å². The topological polar surface area (TPSA) is 297 Å².